The zero-order chi connectivity index (χ0) is 23.0. The standard InChI is InChI=1S/C24H24N6O2S/c1-33(31,32)16-29-15-21(13-27-29)18-6-8-19(9-7-18)22-14-28-30-11-10-26-23(24(22)30)20-4-2-17(12-25)3-5-20/h6-11,13-15,17,20H,2-5,16H2,1H3/t17-,20+. The summed E-state index contributed by atoms with van der Waals surface area (Å²) in [5.74, 6) is 0.341. The molecule has 0 bridgehead atoms. The van der Waals surface area contributed by atoms with E-state index in [0.29, 0.717) is 5.92 Å². The minimum Gasteiger partial charge on any atom is -0.257 e. The van der Waals surface area contributed by atoms with E-state index in [0.717, 1.165) is 59.1 Å². The van der Waals surface area contributed by atoms with Crippen molar-refractivity contribution in [3.05, 3.63) is 60.9 Å². The molecule has 3 heterocycles. The molecule has 0 atom stereocenters. The summed E-state index contributed by atoms with van der Waals surface area (Å²) < 4.78 is 26.3. The fraction of sp³-hybridized carbons (Fsp3) is 0.333. The molecule has 0 amide bonds. The van der Waals surface area contributed by atoms with E-state index in [9.17, 15) is 13.7 Å². The topological polar surface area (TPSA) is 106 Å². The Bertz CT molecular complexity index is 1440. The molecule has 0 saturated heterocycles. The molecule has 1 fully saturated rings. The third kappa shape index (κ3) is 4.39. The third-order valence-electron chi connectivity index (χ3n) is 6.29. The molecule has 33 heavy (non-hydrogen) atoms. The average Bonchev–Trinajstić information content (AvgIpc) is 3.45. The molecule has 8 nitrogen and oxygen atoms in total. The molecule has 0 radical (unpaired) electrons. The minimum atomic E-state index is -3.15. The van der Waals surface area contributed by atoms with Gasteiger partial charge in [0.25, 0.3) is 0 Å². The molecule has 0 aliphatic heterocycles. The number of nitriles is 1. The Hall–Kier alpha value is -3.51. The first-order chi connectivity index (χ1) is 15.9. The molecular weight excluding hydrogens is 436 g/mol. The van der Waals surface area contributed by atoms with E-state index >= 15 is 0 Å². The predicted molar refractivity (Wildman–Crippen MR) is 125 cm³/mol. The number of rotatable bonds is 5. The molecule has 1 aromatic carbocycles. The summed E-state index contributed by atoms with van der Waals surface area (Å²) in [6.07, 6.45) is 13.9. The van der Waals surface area contributed by atoms with Crippen molar-refractivity contribution < 1.29 is 8.42 Å². The van der Waals surface area contributed by atoms with Crippen molar-refractivity contribution in [3.63, 3.8) is 0 Å². The van der Waals surface area contributed by atoms with Gasteiger partial charge in [0.15, 0.2) is 9.84 Å². The second kappa shape index (κ2) is 8.45. The Morgan fingerprint density at radius 3 is 2.45 bits per heavy atom. The van der Waals surface area contributed by atoms with Gasteiger partial charge in [-0.1, -0.05) is 24.3 Å². The van der Waals surface area contributed by atoms with Crippen LogP contribution in [0.3, 0.4) is 0 Å². The monoisotopic (exact) mass is 460 g/mol. The van der Waals surface area contributed by atoms with Crippen LogP contribution >= 0.6 is 0 Å². The van der Waals surface area contributed by atoms with Gasteiger partial charge >= 0.3 is 0 Å². The van der Waals surface area contributed by atoms with Crippen LogP contribution in [0.25, 0.3) is 27.8 Å². The van der Waals surface area contributed by atoms with Gasteiger partial charge in [-0.05, 0) is 36.8 Å². The molecule has 1 aliphatic carbocycles. The summed E-state index contributed by atoms with van der Waals surface area (Å²) >= 11 is 0. The SMILES string of the molecule is CS(=O)(=O)Cn1cc(-c2ccc(-c3cnn4ccnc([C@H]5CC[C@@H](C#N)CC5)c34)cc2)cn1. The second-order valence-electron chi connectivity index (χ2n) is 8.74. The summed E-state index contributed by atoms with van der Waals surface area (Å²) in [7, 11) is -3.15. The fourth-order valence-corrected chi connectivity index (χ4v) is 5.26. The van der Waals surface area contributed by atoms with Crippen LogP contribution < -0.4 is 0 Å². The first kappa shape index (κ1) is 21.3. The van der Waals surface area contributed by atoms with Crippen LogP contribution in [-0.2, 0) is 15.7 Å². The molecule has 1 aliphatic rings. The zero-order valence-corrected chi connectivity index (χ0v) is 19.1. The van der Waals surface area contributed by atoms with Crippen LogP contribution in [0.1, 0.15) is 37.3 Å². The molecule has 168 valence electrons. The Labute approximate surface area is 192 Å². The van der Waals surface area contributed by atoms with Crippen LogP contribution in [0.2, 0.25) is 0 Å². The summed E-state index contributed by atoms with van der Waals surface area (Å²) in [6.45, 7) is 0. The van der Waals surface area contributed by atoms with E-state index in [-0.39, 0.29) is 11.8 Å². The van der Waals surface area contributed by atoms with Gasteiger partial charge in [0.1, 0.15) is 5.88 Å². The van der Waals surface area contributed by atoms with Gasteiger partial charge in [0.2, 0.25) is 0 Å². The summed E-state index contributed by atoms with van der Waals surface area (Å²) in [6, 6.07) is 10.5. The average molecular weight is 461 g/mol. The quantitative estimate of drug-likeness (QED) is 0.445. The lowest BCUT2D eigenvalue weighted by atomic mass is 9.80. The largest absolute Gasteiger partial charge is 0.257 e. The minimum absolute atomic E-state index is 0.139. The molecule has 3 aromatic heterocycles. The van der Waals surface area contributed by atoms with Gasteiger partial charge < -0.3 is 0 Å². The third-order valence-corrected chi connectivity index (χ3v) is 7.02. The lowest BCUT2D eigenvalue weighted by Crippen LogP contribution is -2.14. The van der Waals surface area contributed by atoms with Gasteiger partial charge in [-0.3, -0.25) is 9.67 Å². The Kier molecular flexibility index (Phi) is 5.46. The fourth-order valence-electron chi connectivity index (χ4n) is 4.64. The summed E-state index contributed by atoms with van der Waals surface area (Å²) in [5.41, 5.74) is 5.96. The maximum absolute atomic E-state index is 11.5. The summed E-state index contributed by atoms with van der Waals surface area (Å²) in [4.78, 5) is 4.73. The van der Waals surface area contributed by atoms with Gasteiger partial charge in [0, 0.05) is 47.8 Å². The van der Waals surface area contributed by atoms with Gasteiger partial charge in [-0.2, -0.15) is 15.5 Å². The van der Waals surface area contributed by atoms with E-state index in [4.69, 9.17) is 4.98 Å². The smallest absolute Gasteiger partial charge is 0.167 e. The molecule has 1 saturated carbocycles. The van der Waals surface area contributed by atoms with Crippen molar-refractivity contribution >= 4 is 15.4 Å². The molecule has 0 unspecified atom stereocenters. The molecule has 0 spiro atoms. The zero-order valence-electron chi connectivity index (χ0n) is 18.3. The van der Waals surface area contributed by atoms with Crippen LogP contribution in [0.5, 0.6) is 0 Å². The lowest BCUT2D eigenvalue weighted by molar-refractivity contribution is 0.378. The molecule has 4 aromatic rings. The van der Waals surface area contributed by atoms with Crippen molar-refractivity contribution in [2.24, 2.45) is 5.92 Å². The highest BCUT2D eigenvalue weighted by molar-refractivity contribution is 7.89. The number of hydrogen-bond acceptors (Lipinski definition) is 6. The molecule has 0 N–H and O–H groups in total. The maximum atomic E-state index is 11.5. The van der Waals surface area contributed by atoms with E-state index in [2.05, 4.69) is 16.3 Å². The first-order valence-electron chi connectivity index (χ1n) is 10.9. The van der Waals surface area contributed by atoms with Gasteiger partial charge in [-0.15, -0.1) is 0 Å². The highest BCUT2D eigenvalue weighted by atomic mass is 32.2. The number of hydrogen-bond donors (Lipinski definition) is 0. The van der Waals surface area contributed by atoms with E-state index < -0.39 is 9.84 Å². The van der Waals surface area contributed by atoms with Crippen molar-refractivity contribution in [2.45, 2.75) is 37.5 Å². The number of aromatic nitrogens is 5. The van der Waals surface area contributed by atoms with Crippen molar-refractivity contribution in [1.29, 1.82) is 5.26 Å². The molecule has 9 heteroatoms. The van der Waals surface area contributed by atoms with Gasteiger partial charge in [0.05, 0.1) is 29.7 Å². The maximum Gasteiger partial charge on any atom is 0.167 e. The van der Waals surface area contributed by atoms with Crippen molar-refractivity contribution in [2.75, 3.05) is 6.26 Å². The number of nitrogens with zero attached hydrogens (tertiary/aromatic N) is 6. The van der Waals surface area contributed by atoms with Crippen LogP contribution in [0.4, 0.5) is 0 Å². The Balaban J connectivity index is 1.45. The van der Waals surface area contributed by atoms with Gasteiger partial charge in [-0.25, -0.2) is 12.9 Å². The predicted octanol–water partition coefficient (Wildman–Crippen LogP) is 4.06. The highest BCUT2D eigenvalue weighted by Gasteiger charge is 2.26. The normalized spacial score (nSPS) is 18.9. The van der Waals surface area contributed by atoms with Crippen LogP contribution in [0, 0.1) is 17.2 Å². The Morgan fingerprint density at radius 1 is 1.03 bits per heavy atom. The highest BCUT2D eigenvalue weighted by Crippen LogP contribution is 2.38. The van der Waals surface area contributed by atoms with Crippen molar-refractivity contribution in [3.8, 4) is 28.3 Å². The number of sulfone groups is 1. The first-order valence-corrected chi connectivity index (χ1v) is 13.0. The van der Waals surface area contributed by atoms with Crippen molar-refractivity contribution in [1.82, 2.24) is 24.4 Å². The van der Waals surface area contributed by atoms with E-state index in [1.807, 2.05) is 41.2 Å². The molecule has 5 rings (SSSR count). The molecular formula is C24H24N6O2S. The van der Waals surface area contributed by atoms with E-state index in [1.54, 1.807) is 18.6 Å². The van der Waals surface area contributed by atoms with Crippen LogP contribution in [-0.4, -0.2) is 39.1 Å². The number of fused-ring (bicyclic) bond motifs is 1. The number of benzene rings is 1. The summed E-state index contributed by atoms with van der Waals surface area (Å²) in [5, 5.41) is 17.9. The second-order valence-corrected chi connectivity index (χ2v) is 10.9. The van der Waals surface area contributed by atoms with Crippen LogP contribution in [0.15, 0.2) is 55.2 Å². The van der Waals surface area contributed by atoms with E-state index in [1.165, 1.54) is 10.9 Å². The Morgan fingerprint density at radius 2 is 1.76 bits per heavy atom. The lowest BCUT2D eigenvalue weighted by Gasteiger charge is -2.24.